The summed E-state index contributed by atoms with van der Waals surface area (Å²) in [4.78, 5) is 13.4. The van der Waals surface area contributed by atoms with E-state index in [9.17, 15) is 4.79 Å². The Labute approximate surface area is 109 Å². The third kappa shape index (κ3) is 2.56. The molecule has 1 fully saturated rings. The highest BCUT2D eigenvalue weighted by Gasteiger charge is 2.24. The minimum absolute atomic E-state index is 0.170. The molecule has 1 heterocycles. The molecule has 0 saturated carbocycles. The Hall–Kier alpha value is -1.35. The fourth-order valence-corrected chi connectivity index (χ4v) is 2.97. The molecule has 0 spiro atoms. The molecular weight excluding hydrogens is 224 g/mol. The Morgan fingerprint density at radius 1 is 1.28 bits per heavy atom. The minimum atomic E-state index is 0.170. The molecule has 0 aliphatic carbocycles. The van der Waals surface area contributed by atoms with Gasteiger partial charge in [-0.25, -0.2) is 0 Å². The lowest BCUT2D eigenvalue weighted by molar-refractivity contribution is -0.130. The molecule has 0 radical (unpaired) electrons. The molecule has 1 N–H and O–H groups in total. The maximum absolute atomic E-state index is 11.5. The van der Waals surface area contributed by atoms with Crippen molar-refractivity contribution in [2.24, 2.45) is 0 Å². The van der Waals surface area contributed by atoms with Gasteiger partial charge in [-0.3, -0.25) is 4.79 Å². The summed E-state index contributed by atoms with van der Waals surface area (Å²) < 4.78 is 0. The first kappa shape index (κ1) is 13.1. The van der Waals surface area contributed by atoms with Gasteiger partial charge in [0.15, 0.2) is 0 Å². The van der Waals surface area contributed by atoms with E-state index >= 15 is 0 Å². The zero-order valence-corrected chi connectivity index (χ0v) is 11.7. The van der Waals surface area contributed by atoms with E-state index in [0.29, 0.717) is 0 Å². The second kappa shape index (κ2) is 5.11. The average molecular weight is 246 g/mol. The molecule has 3 heteroatoms. The molecule has 18 heavy (non-hydrogen) atoms. The number of benzene rings is 1. The first-order chi connectivity index (χ1) is 8.49. The zero-order valence-electron chi connectivity index (χ0n) is 11.7. The normalized spacial score (nSPS) is 20.0. The van der Waals surface area contributed by atoms with Crippen molar-refractivity contribution in [1.82, 2.24) is 10.2 Å². The number of aryl methyl sites for hydroxylation is 3. The Morgan fingerprint density at radius 3 is 2.44 bits per heavy atom. The van der Waals surface area contributed by atoms with E-state index in [1.54, 1.807) is 6.92 Å². The Bertz CT molecular complexity index is 445. The van der Waals surface area contributed by atoms with Crippen LogP contribution in [0.1, 0.15) is 35.2 Å². The molecule has 1 aromatic rings. The number of piperazine rings is 1. The van der Waals surface area contributed by atoms with Crippen LogP contribution in [0.25, 0.3) is 0 Å². The van der Waals surface area contributed by atoms with Crippen molar-refractivity contribution < 1.29 is 4.79 Å². The van der Waals surface area contributed by atoms with Crippen molar-refractivity contribution in [2.45, 2.75) is 33.7 Å². The largest absolute Gasteiger partial charge is 0.340 e. The van der Waals surface area contributed by atoms with Gasteiger partial charge in [-0.1, -0.05) is 17.7 Å². The average Bonchev–Trinajstić information content (AvgIpc) is 2.28. The van der Waals surface area contributed by atoms with Crippen LogP contribution in [0.15, 0.2) is 12.1 Å². The number of carbonyl (C=O) groups is 1. The smallest absolute Gasteiger partial charge is 0.219 e. The summed E-state index contributed by atoms with van der Waals surface area (Å²) >= 11 is 0. The molecule has 1 amide bonds. The fourth-order valence-electron chi connectivity index (χ4n) is 2.97. The van der Waals surface area contributed by atoms with Gasteiger partial charge in [0.05, 0.1) is 6.04 Å². The molecule has 0 aromatic heterocycles. The van der Waals surface area contributed by atoms with E-state index in [1.807, 2.05) is 4.90 Å². The molecule has 1 aliphatic rings. The molecule has 1 aliphatic heterocycles. The molecule has 1 atom stereocenters. The summed E-state index contributed by atoms with van der Waals surface area (Å²) in [5.41, 5.74) is 5.28. The predicted octanol–water partition coefficient (Wildman–Crippen LogP) is 2.10. The maximum atomic E-state index is 11.5. The van der Waals surface area contributed by atoms with Gasteiger partial charge in [-0.15, -0.1) is 0 Å². The van der Waals surface area contributed by atoms with Crippen molar-refractivity contribution in [3.8, 4) is 0 Å². The summed E-state index contributed by atoms with van der Waals surface area (Å²) in [6.07, 6.45) is 0. The van der Waals surface area contributed by atoms with E-state index in [1.165, 1.54) is 22.3 Å². The molecule has 1 unspecified atom stereocenters. The monoisotopic (exact) mass is 246 g/mol. The van der Waals surface area contributed by atoms with Crippen LogP contribution in [-0.2, 0) is 4.79 Å². The van der Waals surface area contributed by atoms with Gasteiger partial charge >= 0.3 is 0 Å². The van der Waals surface area contributed by atoms with E-state index in [0.717, 1.165) is 19.6 Å². The summed E-state index contributed by atoms with van der Waals surface area (Å²) in [5.74, 6) is 0.170. The first-order valence-corrected chi connectivity index (χ1v) is 6.55. The van der Waals surface area contributed by atoms with Crippen molar-refractivity contribution >= 4 is 5.91 Å². The van der Waals surface area contributed by atoms with Gasteiger partial charge in [0.1, 0.15) is 0 Å². The lowest BCUT2D eigenvalue weighted by Crippen LogP contribution is -2.47. The number of rotatable bonds is 1. The number of hydrogen-bond acceptors (Lipinski definition) is 2. The number of hydrogen-bond donors (Lipinski definition) is 1. The minimum Gasteiger partial charge on any atom is -0.340 e. The van der Waals surface area contributed by atoms with Crippen molar-refractivity contribution in [2.75, 3.05) is 19.6 Å². The lowest BCUT2D eigenvalue weighted by Gasteiger charge is -2.34. The lowest BCUT2D eigenvalue weighted by atomic mass is 9.93. The van der Waals surface area contributed by atoms with E-state index < -0.39 is 0 Å². The Kier molecular flexibility index (Phi) is 3.71. The third-order valence-electron chi connectivity index (χ3n) is 3.71. The van der Waals surface area contributed by atoms with Crippen LogP contribution in [0.4, 0.5) is 0 Å². The molecule has 0 bridgehead atoms. The van der Waals surface area contributed by atoms with E-state index in [2.05, 4.69) is 38.2 Å². The Morgan fingerprint density at radius 2 is 1.89 bits per heavy atom. The standard InChI is InChI=1S/C15H22N2O/c1-10-7-11(2)15(12(3)8-10)14-9-17(13(4)18)6-5-16-14/h7-8,14,16H,5-6,9H2,1-4H3. The number of nitrogens with one attached hydrogen (secondary N) is 1. The SMILES string of the molecule is CC(=O)N1CCNC(c2c(C)cc(C)cc2C)C1. The van der Waals surface area contributed by atoms with Crippen molar-refractivity contribution in [1.29, 1.82) is 0 Å². The molecule has 3 nitrogen and oxygen atoms in total. The fraction of sp³-hybridized carbons (Fsp3) is 0.533. The van der Waals surface area contributed by atoms with Crippen LogP contribution in [0, 0.1) is 20.8 Å². The molecule has 1 aromatic carbocycles. The predicted molar refractivity (Wildman–Crippen MR) is 73.7 cm³/mol. The summed E-state index contributed by atoms with van der Waals surface area (Å²) in [6.45, 7) is 10.6. The summed E-state index contributed by atoms with van der Waals surface area (Å²) in [6, 6.07) is 4.70. The van der Waals surface area contributed by atoms with Crippen LogP contribution in [0.3, 0.4) is 0 Å². The van der Waals surface area contributed by atoms with Crippen LogP contribution >= 0.6 is 0 Å². The van der Waals surface area contributed by atoms with Gasteiger partial charge in [0.25, 0.3) is 0 Å². The third-order valence-corrected chi connectivity index (χ3v) is 3.71. The Balaban J connectivity index is 2.29. The zero-order chi connectivity index (χ0) is 13.3. The molecule has 1 saturated heterocycles. The highest BCUT2D eigenvalue weighted by Crippen LogP contribution is 2.25. The maximum Gasteiger partial charge on any atom is 0.219 e. The second-order valence-electron chi connectivity index (χ2n) is 5.28. The van der Waals surface area contributed by atoms with Gasteiger partial charge < -0.3 is 10.2 Å². The number of nitrogens with zero attached hydrogens (tertiary/aromatic N) is 1. The van der Waals surface area contributed by atoms with E-state index in [-0.39, 0.29) is 11.9 Å². The van der Waals surface area contributed by atoms with Crippen LogP contribution in [-0.4, -0.2) is 30.4 Å². The highest BCUT2D eigenvalue weighted by molar-refractivity contribution is 5.73. The van der Waals surface area contributed by atoms with Gasteiger partial charge in [0.2, 0.25) is 5.91 Å². The van der Waals surface area contributed by atoms with Crippen LogP contribution in [0.5, 0.6) is 0 Å². The van der Waals surface area contributed by atoms with Gasteiger partial charge in [-0.2, -0.15) is 0 Å². The number of amides is 1. The topological polar surface area (TPSA) is 32.3 Å². The molecular formula is C15H22N2O. The van der Waals surface area contributed by atoms with Crippen LogP contribution in [0.2, 0.25) is 0 Å². The molecule has 98 valence electrons. The van der Waals surface area contributed by atoms with Crippen molar-refractivity contribution in [3.63, 3.8) is 0 Å². The summed E-state index contributed by atoms with van der Waals surface area (Å²) in [5, 5.41) is 3.53. The van der Waals surface area contributed by atoms with Crippen molar-refractivity contribution in [3.05, 3.63) is 34.4 Å². The van der Waals surface area contributed by atoms with Gasteiger partial charge in [-0.05, 0) is 37.5 Å². The quantitative estimate of drug-likeness (QED) is 0.823. The number of carbonyl (C=O) groups excluding carboxylic acids is 1. The first-order valence-electron chi connectivity index (χ1n) is 6.55. The van der Waals surface area contributed by atoms with Gasteiger partial charge in [0, 0.05) is 26.6 Å². The molecule has 2 rings (SSSR count). The highest BCUT2D eigenvalue weighted by atomic mass is 16.2. The second-order valence-corrected chi connectivity index (χ2v) is 5.28. The summed E-state index contributed by atoms with van der Waals surface area (Å²) in [7, 11) is 0. The van der Waals surface area contributed by atoms with E-state index in [4.69, 9.17) is 0 Å². The van der Waals surface area contributed by atoms with Crippen LogP contribution < -0.4 is 5.32 Å².